The number of aryl methyl sites for hydroxylation is 1. The number of piperazine rings is 1. The van der Waals surface area contributed by atoms with Crippen LogP contribution in [0.5, 0.6) is 5.75 Å². The summed E-state index contributed by atoms with van der Waals surface area (Å²) in [6, 6.07) is 5.26. The minimum Gasteiger partial charge on any atom is -0.494 e. The maximum absolute atomic E-state index is 13.8. The maximum atomic E-state index is 13.8. The Hall–Kier alpha value is -1.99. The third-order valence-electron chi connectivity index (χ3n) is 4.48. The second-order valence-electron chi connectivity index (χ2n) is 6.12. The average molecular weight is 334 g/mol. The molecule has 0 N–H and O–H groups in total. The van der Waals surface area contributed by atoms with Crippen LogP contribution in [0, 0.1) is 12.7 Å². The Labute approximate surface area is 141 Å². The Bertz CT molecular complexity index is 683. The SMILES string of the molecule is COc1ccc(CN2CCN([C@H](C)c3nnc(C)o3)CC2)cc1F. The van der Waals surface area contributed by atoms with E-state index in [1.807, 2.05) is 6.07 Å². The molecule has 0 spiro atoms. The number of hydrogen-bond acceptors (Lipinski definition) is 6. The number of halogens is 1. The third kappa shape index (κ3) is 3.73. The van der Waals surface area contributed by atoms with Crippen molar-refractivity contribution in [2.45, 2.75) is 26.4 Å². The zero-order chi connectivity index (χ0) is 17.1. The minimum atomic E-state index is -0.311. The summed E-state index contributed by atoms with van der Waals surface area (Å²) in [6.07, 6.45) is 0. The first-order valence-electron chi connectivity index (χ1n) is 8.15. The van der Waals surface area contributed by atoms with E-state index in [1.165, 1.54) is 7.11 Å². The molecule has 0 aliphatic carbocycles. The van der Waals surface area contributed by atoms with Crippen LogP contribution in [0.1, 0.15) is 30.3 Å². The number of hydrogen-bond donors (Lipinski definition) is 0. The largest absolute Gasteiger partial charge is 0.494 e. The Kier molecular flexibility index (Phi) is 5.11. The van der Waals surface area contributed by atoms with Crippen LogP contribution in [0.2, 0.25) is 0 Å². The van der Waals surface area contributed by atoms with Gasteiger partial charge in [-0.05, 0) is 24.6 Å². The molecule has 1 atom stereocenters. The van der Waals surface area contributed by atoms with Crippen LogP contribution in [0.25, 0.3) is 0 Å². The molecule has 1 aromatic carbocycles. The van der Waals surface area contributed by atoms with Gasteiger partial charge < -0.3 is 9.15 Å². The molecule has 1 aromatic heterocycles. The summed E-state index contributed by atoms with van der Waals surface area (Å²) in [7, 11) is 1.48. The lowest BCUT2D eigenvalue weighted by Gasteiger charge is -2.36. The normalized spacial score (nSPS) is 17.8. The van der Waals surface area contributed by atoms with E-state index in [4.69, 9.17) is 9.15 Å². The van der Waals surface area contributed by atoms with Gasteiger partial charge in [-0.25, -0.2) is 4.39 Å². The van der Waals surface area contributed by atoms with Crippen molar-refractivity contribution >= 4 is 0 Å². The lowest BCUT2D eigenvalue weighted by Crippen LogP contribution is -2.46. The molecule has 24 heavy (non-hydrogen) atoms. The zero-order valence-corrected chi connectivity index (χ0v) is 14.3. The standard InChI is InChI=1S/C17H23FN4O2/c1-12(17-20-19-13(2)24-17)22-8-6-21(7-9-22)11-14-4-5-16(23-3)15(18)10-14/h4-5,10,12H,6-9,11H2,1-3H3/t12-/m1/s1. The molecule has 130 valence electrons. The summed E-state index contributed by atoms with van der Waals surface area (Å²) in [5.41, 5.74) is 0.960. The van der Waals surface area contributed by atoms with E-state index >= 15 is 0 Å². The van der Waals surface area contributed by atoms with Crippen LogP contribution < -0.4 is 4.74 Å². The van der Waals surface area contributed by atoms with Crippen molar-refractivity contribution in [3.8, 4) is 5.75 Å². The Morgan fingerprint density at radius 2 is 2.00 bits per heavy atom. The van der Waals surface area contributed by atoms with Crippen LogP contribution in [-0.4, -0.2) is 53.3 Å². The van der Waals surface area contributed by atoms with Crippen LogP contribution >= 0.6 is 0 Å². The fourth-order valence-electron chi connectivity index (χ4n) is 3.01. The molecule has 6 nitrogen and oxygen atoms in total. The van der Waals surface area contributed by atoms with E-state index in [9.17, 15) is 4.39 Å². The lowest BCUT2D eigenvalue weighted by molar-refractivity contribution is 0.0869. The second kappa shape index (κ2) is 7.27. The topological polar surface area (TPSA) is 54.6 Å². The third-order valence-corrected chi connectivity index (χ3v) is 4.48. The highest BCUT2D eigenvalue weighted by molar-refractivity contribution is 5.29. The van der Waals surface area contributed by atoms with E-state index in [0.717, 1.165) is 38.3 Å². The van der Waals surface area contributed by atoms with Gasteiger partial charge >= 0.3 is 0 Å². The van der Waals surface area contributed by atoms with Gasteiger partial charge in [0.1, 0.15) is 0 Å². The number of benzene rings is 1. The van der Waals surface area contributed by atoms with Crippen molar-refractivity contribution in [2.75, 3.05) is 33.3 Å². The molecular weight excluding hydrogens is 311 g/mol. The Morgan fingerprint density at radius 1 is 1.25 bits per heavy atom. The van der Waals surface area contributed by atoms with Crippen LogP contribution in [0.4, 0.5) is 4.39 Å². The molecule has 7 heteroatoms. The molecule has 0 unspecified atom stereocenters. The molecule has 0 bridgehead atoms. The lowest BCUT2D eigenvalue weighted by atomic mass is 10.1. The highest BCUT2D eigenvalue weighted by atomic mass is 19.1. The van der Waals surface area contributed by atoms with Gasteiger partial charge in [0.25, 0.3) is 0 Å². The first-order valence-corrected chi connectivity index (χ1v) is 8.15. The molecular formula is C17H23FN4O2. The Balaban J connectivity index is 1.54. The minimum absolute atomic E-state index is 0.117. The fourth-order valence-corrected chi connectivity index (χ4v) is 3.01. The highest BCUT2D eigenvalue weighted by Gasteiger charge is 2.25. The molecule has 2 heterocycles. The van der Waals surface area contributed by atoms with E-state index in [-0.39, 0.29) is 17.6 Å². The van der Waals surface area contributed by atoms with Crippen LogP contribution in [-0.2, 0) is 6.54 Å². The molecule has 1 aliphatic rings. The van der Waals surface area contributed by atoms with E-state index in [0.29, 0.717) is 11.8 Å². The summed E-state index contributed by atoms with van der Waals surface area (Å²) in [4.78, 5) is 4.65. The molecule has 0 radical (unpaired) electrons. The van der Waals surface area contributed by atoms with Crippen molar-refractivity contribution in [3.63, 3.8) is 0 Å². The average Bonchev–Trinajstić information content (AvgIpc) is 3.02. The molecule has 0 saturated carbocycles. The van der Waals surface area contributed by atoms with Gasteiger partial charge in [-0.1, -0.05) is 6.07 Å². The first kappa shape index (κ1) is 16.9. The van der Waals surface area contributed by atoms with E-state index in [1.54, 1.807) is 19.1 Å². The number of rotatable bonds is 5. The number of nitrogens with zero attached hydrogens (tertiary/aromatic N) is 4. The van der Waals surface area contributed by atoms with Crippen molar-refractivity contribution in [3.05, 3.63) is 41.4 Å². The van der Waals surface area contributed by atoms with Gasteiger partial charge in [-0.15, -0.1) is 10.2 Å². The van der Waals surface area contributed by atoms with Gasteiger partial charge in [-0.2, -0.15) is 0 Å². The summed E-state index contributed by atoms with van der Waals surface area (Å²) >= 11 is 0. The zero-order valence-electron chi connectivity index (χ0n) is 14.3. The predicted molar refractivity (Wildman–Crippen MR) is 87.3 cm³/mol. The quantitative estimate of drug-likeness (QED) is 0.837. The fraction of sp³-hybridized carbons (Fsp3) is 0.529. The van der Waals surface area contributed by atoms with Crippen LogP contribution in [0.3, 0.4) is 0 Å². The van der Waals surface area contributed by atoms with Crippen molar-refractivity contribution in [1.82, 2.24) is 20.0 Å². The second-order valence-corrected chi connectivity index (χ2v) is 6.12. The number of methoxy groups -OCH3 is 1. The monoisotopic (exact) mass is 334 g/mol. The van der Waals surface area contributed by atoms with E-state index in [2.05, 4.69) is 26.9 Å². The summed E-state index contributed by atoms with van der Waals surface area (Å²) in [6.45, 7) is 8.30. The first-order chi connectivity index (χ1) is 11.6. The number of aromatic nitrogens is 2. The van der Waals surface area contributed by atoms with Crippen molar-refractivity contribution in [1.29, 1.82) is 0 Å². The number of ether oxygens (including phenoxy) is 1. The van der Waals surface area contributed by atoms with Crippen LogP contribution in [0.15, 0.2) is 22.6 Å². The highest BCUT2D eigenvalue weighted by Crippen LogP contribution is 2.22. The van der Waals surface area contributed by atoms with Gasteiger partial charge in [0.05, 0.1) is 13.2 Å². The summed E-state index contributed by atoms with van der Waals surface area (Å²) in [5.74, 6) is 1.23. The van der Waals surface area contributed by atoms with Gasteiger partial charge in [0.2, 0.25) is 11.8 Å². The molecule has 0 amide bonds. The van der Waals surface area contributed by atoms with Gasteiger partial charge in [0, 0.05) is 39.6 Å². The van der Waals surface area contributed by atoms with E-state index < -0.39 is 0 Å². The molecule has 1 aliphatic heterocycles. The molecule has 1 saturated heterocycles. The predicted octanol–water partition coefficient (Wildman–Crippen LogP) is 2.40. The summed E-state index contributed by atoms with van der Waals surface area (Å²) in [5, 5.41) is 8.00. The van der Waals surface area contributed by atoms with Gasteiger partial charge in [0.15, 0.2) is 11.6 Å². The Morgan fingerprint density at radius 3 is 2.58 bits per heavy atom. The smallest absolute Gasteiger partial charge is 0.233 e. The molecule has 3 rings (SSSR count). The maximum Gasteiger partial charge on any atom is 0.233 e. The van der Waals surface area contributed by atoms with Gasteiger partial charge in [-0.3, -0.25) is 9.80 Å². The summed E-state index contributed by atoms with van der Waals surface area (Å²) < 4.78 is 24.3. The molecule has 1 fully saturated rings. The van der Waals surface area contributed by atoms with Crippen molar-refractivity contribution < 1.29 is 13.5 Å². The molecule has 2 aromatic rings. The van der Waals surface area contributed by atoms with Crippen molar-refractivity contribution in [2.24, 2.45) is 0 Å².